The summed E-state index contributed by atoms with van der Waals surface area (Å²) >= 11 is 0. The number of halogens is 1. The van der Waals surface area contributed by atoms with E-state index >= 15 is 0 Å². The molecule has 10 heteroatoms. The van der Waals surface area contributed by atoms with Gasteiger partial charge in [-0.15, -0.1) is 0 Å². The van der Waals surface area contributed by atoms with Crippen molar-refractivity contribution >= 4 is 37.8 Å². The van der Waals surface area contributed by atoms with Crippen LogP contribution in [-0.4, -0.2) is 50.1 Å². The molecule has 3 aromatic rings. The molecule has 1 saturated carbocycles. The lowest BCUT2D eigenvalue weighted by atomic mass is 9.95. The monoisotopic (exact) mass is 500 g/mol. The normalized spacial score (nSPS) is 21.3. The smallest absolute Gasteiger partial charge is 0.149 e. The molecule has 0 amide bonds. The van der Waals surface area contributed by atoms with Crippen LogP contribution < -0.4 is 14.8 Å². The summed E-state index contributed by atoms with van der Waals surface area (Å²) in [6, 6.07) is 6.11. The summed E-state index contributed by atoms with van der Waals surface area (Å²) in [6.45, 7) is 1.89. The first-order valence-electron chi connectivity index (χ1n) is 11.8. The summed E-state index contributed by atoms with van der Waals surface area (Å²) in [5.74, 6) is 2.22. The molecule has 5 rings (SSSR count). The Morgan fingerprint density at radius 1 is 1.17 bits per heavy atom. The highest BCUT2D eigenvalue weighted by Crippen LogP contribution is 2.41. The number of benzene rings is 2. The summed E-state index contributed by atoms with van der Waals surface area (Å²) in [7, 11) is -0.668. The van der Waals surface area contributed by atoms with Crippen molar-refractivity contribution in [2.24, 2.45) is 4.36 Å². The van der Waals surface area contributed by atoms with Crippen LogP contribution in [0, 0.1) is 12.7 Å². The van der Waals surface area contributed by atoms with E-state index < -0.39 is 15.5 Å². The van der Waals surface area contributed by atoms with Crippen LogP contribution in [0.25, 0.3) is 10.9 Å². The van der Waals surface area contributed by atoms with Crippen molar-refractivity contribution in [2.45, 2.75) is 51.2 Å². The minimum Gasteiger partial charge on any atom is -0.494 e. The SMILES string of the molecule is COc1c(N=S2(=O)CCC2)cc2ncnc(Nc3ccc(F)cc3OC3CCC(O)CC3)c2c1C. The predicted octanol–water partition coefficient (Wildman–Crippen LogP) is 5.02. The Bertz CT molecular complexity index is 1370. The maximum atomic E-state index is 14.1. The van der Waals surface area contributed by atoms with Crippen molar-refractivity contribution in [3.05, 3.63) is 42.0 Å². The van der Waals surface area contributed by atoms with Gasteiger partial charge in [-0.05, 0) is 57.2 Å². The molecular formula is C25H29FN4O4S. The molecule has 0 spiro atoms. The van der Waals surface area contributed by atoms with Gasteiger partial charge >= 0.3 is 0 Å². The zero-order valence-electron chi connectivity index (χ0n) is 19.8. The van der Waals surface area contributed by atoms with Gasteiger partial charge in [-0.2, -0.15) is 4.36 Å². The third-order valence-electron chi connectivity index (χ3n) is 6.63. The number of aliphatic hydroxyl groups excluding tert-OH is 1. The average molecular weight is 501 g/mol. The van der Waals surface area contributed by atoms with E-state index in [-0.39, 0.29) is 12.2 Å². The number of aliphatic hydroxyl groups is 1. The molecule has 2 aromatic carbocycles. The average Bonchev–Trinajstić information content (AvgIpc) is 2.81. The number of hydrogen-bond donors (Lipinski definition) is 2. The van der Waals surface area contributed by atoms with Crippen LogP contribution in [0.4, 0.5) is 21.6 Å². The van der Waals surface area contributed by atoms with E-state index in [0.29, 0.717) is 71.4 Å². The van der Waals surface area contributed by atoms with Gasteiger partial charge in [0.15, 0.2) is 0 Å². The third kappa shape index (κ3) is 4.90. The highest BCUT2D eigenvalue weighted by molar-refractivity contribution is 7.95. The topological polar surface area (TPSA) is 106 Å². The highest BCUT2D eigenvalue weighted by Gasteiger charge is 2.24. The molecule has 0 unspecified atom stereocenters. The minimum absolute atomic E-state index is 0.0951. The Kier molecular flexibility index (Phi) is 6.50. The number of fused-ring (bicyclic) bond motifs is 1. The molecule has 35 heavy (non-hydrogen) atoms. The summed E-state index contributed by atoms with van der Waals surface area (Å²) in [4.78, 5) is 8.86. The van der Waals surface area contributed by atoms with Crippen molar-refractivity contribution in [3.63, 3.8) is 0 Å². The van der Waals surface area contributed by atoms with Crippen LogP contribution in [0.3, 0.4) is 0 Å². The number of aromatic nitrogens is 2. The lowest BCUT2D eigenvalue weighted by Gasteiger charge is -2.27. The Balaban J connectivity index is 1.53. The summed E-state index contributed by atoms with van der Waals surface area (Å²) < 4.78 is 43.2. The first-order valence-corrected chi connectivity index (χ1v) is 13.7. The third-order valence-corrected chi connectivity index (χ3v) is 9.01. The van der Waals surface area contributed by atoms with Gasteiger partial charge in [0.2, 0.25) is 0 Å². The van der Waals surface area contributed by atoms with E-state index in [4.69, 9.17) is 9.47 Å². The number of hydrogen-bond acceptors (Lipinski definition) is 8. The first kappa shape index (κ1) is 23.7. The zero-order chi connectivity index (χ0) is 24.6. The Morgan fingerprint density at radius 3 is 2.63 bits per heavy atom. The Labute approximate surface area is 204 Å². The predicted molar refractivity (Wildman–Crippen MR) is 134 cm³/mol. The quantitative estimate of drug-likeness (QED) is 0.490. The molecule has 1 saturated heterocycles. The van der Waals surface area contributed by atoms with E-state index in [1.807, 2.05) is 6.92 Å². The molecule has 0 bridgehead atoms. The van der Waals surface area contributed by atoms with Crippen molar-refractivity contribution < 1.29 is 23.2 Å². The lowest BCUT2D eigenvalue weighted by molar-refractivity contribution is 0.0668. The standard InChI is InChI=1S/C25H29FN4O4S/c1-15-23-20(13-21(24(15)33-2)30-35(32)10-3-11-35)27-14-28-25(23)29-19-9-4-16(26)12-22(19)34-18-7-5-17(31)6-8-18/h4,9,12-14,17-18,31H,3,5-8,10-11H2,1-2H3,(H,27,28,29). The molecule has 2 fully saturated rings. The second-order valence-electron chi connectivity index (χ2n) is 9.11. The molecular weight excluding hydrogens is 471 g/mol. The van der Waals surface area contributed by atoms with Gasteiger partial charge in [0, 0.05) is 28.5 Å². The van der Waals surface area contributed by atoms with Gasteiger partial charge < -0.3 is 19.9 Å². The first-order chi connectivity index (χ1) is 16.8. The number of rotatable bonds is 6. The highest BCUT2D eigenvalue weighted by atomic mass is 32.2. The fourth-order valence-corrected chi connectivity index (χ4v) is 6.09. The van der Waals surface area contributed by atoms with Crippen molar-refractivity contribution in [1.82, 2.24) is 9.97 Å². The number of aryl methyl sites for hydroxylation is 1. The molecule has 1 aliphatic carbocycles. The van der Waals surface area contributed by atoms with Gasteiger partial charge in [-0.1, -0.05) is 0 Å². The molecule has 0 radical (unpaired) electrons. The largest absolute Gasteiger partial charge is 0.494 e. The number of anilines is 2. The maximum absolute atomic E-state index is 14.1. The van der Waals surface area contributed by atoms with Gasteiger partial charge in [-0.3, -0.25) is 0 Å². The van der Waals surface area contributed by atoms with E-state index in [1.54, 1.807) is 19.2 Å². The van der Waals surface area contributed by atoms with Gasteiger partial charge in [-0.25, -0.2) is 18.6 Å². The summed E-state index contributed by atoms with van der Waals surface area (Å²) in [5.41, 5.74) is 2.49. The van der Waals surface area contributed by atoms with Crippen molar-refractivity contribution in [2.75, 3.05) is 23.9 Å². The summed E-state index contributed by atoms with van der Waals surface area (Å²) in [5, 5.41) is 13.8. The number of nitrogens with zero attached hydrogens (tertiary/aromatic N) is 3. The molecule has 1 aromatic heterocycles. The number of methoxy groups -OCH3 is 1. The molecule has 2 N–H and O–H groups in total. The van der Waals surface area contributed by atoms with Gasteiger partial charge in [0.05, 0.1) is 40.3 Å². The molecule has 186 valence electrons. The summed E-state index contributed by atoms with van der Waals surface area (Å²) in [6.07, 6.45) is 4.70. The van der Waals surface area contributed by atoms with Crippen molar-refractivity contribution in [1.29, 1.82) is 0 Å². The number of ether oxygens (including phenoxy) is 2. The van der Waals surface area contributed by atoms with Crippen LogP contribution in [0.1, 0.15) is 37.7 Å². The Morgan fingerprint density at radius 2 is 1.94 bits per heavy atom. The van der Waals surface area contributed by atoms with Crippen LogP contribution in [-0.2, 0) is 9.73 Å². The molecule has 0 atom stereocenters. The van der Waals surface area contributed by atoms with E-state index in [0.717, 1.165) is 17.4 Å². The van der Waals surface area contributed by atoms with Crippen LogP contribution in [0.15, 0.2) is 35.0 Å². The Hall–Kier alpha value is -2.98. The second-order valence-corrected chi connectivity index (χ2v) is 11.7. The minimum atomic E-state index is -2.23. The molecule has 2 aliphatic rings. The van der Waals surface area contributed by atoms with Crippen molar-refractivity contribution in [3.8, 4) is 11.5 Å². The van der Waals surface area contributed by atoms with Gasteiger partial charge in [0.25, 0.3) is 0 Å². The fraction of sp³-hybridized carbons (Fsp3) is 0.440. The molecule has 2 heterocycles. The van der Waals surface area contributed by atoms with E-state index in [9.17, 15) is 13.7 Å². The van der Waals surface area contributed by atoms with Gasteiger partial charge in [0.1, 0.15) is 35.1 Å². The molecule has 1 aliphatic heterocycles. The van der Waals surface area contributed by atoms with Crippen LogP contribution in [0.2, 0.25) is 0 Å². The number of nitrogens with one attached hydrogen (secondary N) is 1. The van der Waals surface area contributed by atoms with E-state index in [2.05, 4.69) is 19.6 Å². The zero-order valence-corrected chi connectivity index (χ0v) is 20.6. The molecule has 8 nitrogen and oxygen atoms in total. The maximum Gasteiger partial charge on any atom is 0.149 e. The van der Waals surface area contributed by atoms with E-state index in [1.165, 1.54) is 18.5 Å². The lowest BCUT2D eigenvalue weighted by Crippen LogP contribution is -2.26. The fourth-order valence-electron chi connectivity index (χ4n) is 4.63. The van der Waals surface area contributed by atoms with Crippen LogP contribution in [0.5, 0.6) is 11.5 Å². The van der Waals surface area contributed by atoms with Crippen LogP contribution >= 0.6 is 0 Å². The second kappa shape index (κ2) is 9.58.